The molecule has 10 rings (SSSR count). The smallest absolute Gasteiger partial charge is 0.445 e. The van der Waals surface area contributed by atoms with Gasteiger partial charge < -0.3 is 64.8 Å². The van der Waals surface area contributed by atoms with Crippen LogP contribution in [0, 0.1) is 63.0 Å². The predicted molar refractivity (Wildman–Crippen MR) is 317 cm³/mol. The van der Waals surface area contributed by atoms with E-state index in [2.05, 4.69) is 25.1 Å². The van der Waals surface area contributed by atoms with E-state index < -0.39 is 28.2 Å². The summed E-state index contributed by atoms with van der Waals surface area (Å²) < 4.78 is 139. The van der Waals surface area contributed by atoms with Gasteiger partial charge in [-0.2, -0.15) is 36.2 Å². The maximum absolute atomic E-state index is 13.0. The Hall–Kier alpha value is -5.64. The van der Waals surface area contributed by atoms with Gasteiger partial charge in [-0.05, 0) is 131 Å². The summed E-state index contributed by atoms with van der Waals surface area (Å²) in [6.45, 7) is 12.6. The number of phenols is 2. The number of aryl methyl sites for hydroxylation is 4. The van der Waals surface area contributed by atoms with Crippen molar-refractivity contribution >= 4 is 54.4 Å². The van der Waals surface area contributed by atoms with Crippen molar-refractivity contribution in [2.75, 3.05) is 76.5 Å². The van der Waals surface area contributed by atoms with Gasteiger partial charge in [-0.15, -0.1) is 20.4 Å². The number of hydrogen-bond donors (Lipinski definition) is 3. The molecule has 4 aliphatic rings. The summed E-state index contributed by atoms with van der Waals surface area (Å²) in [6, 6.07) is 20.3. The Balaban J connectivity index is 0.000000401. The normalized spacial score (nSPS) is 18.9. The number of phenolic OH excluding ortho intramolecular Hbond substituents is 2. The molecule has 4 aromatic carbocycles. The van der Waals surface area contributed by atoms with Crippen LogP contribution in [0.3, 0.4) is 0 Å². The highest BCUT2D eigenvalue weighted by atomic mass is 35.5. The summed E-state index contributed by atoms with van der Waals surface area (Å²) in [4.78, 5) is 3.79. The van der Waals surface area contributed by atoms with Gasteiger partial charge in [-0.3, -0.25) is 0 Å². The molecule has 29 heteroatoms. The molecule has 4 fully saturated rings. The van der Waals surface area contributed by atoms with Crippen molar-refractivity contribution in [3.05, 3.63) is 117 Å². The minimum atomic E-state index is -4.46. The molecule has 2 saturated carbocycles. The van der Waals surface area contributed by atoms with Gasteiger partial charge in [-0.1, -0.05) is 66.0 Å². The highest BCUT2D eigenvalue weighted by Crippen LogP contribution is 2.46. The van der Waals surface area contributed by atoms with Crippen molar-refractivity contribution in [3.8, 4) is 34.5 Å². The Labute approximate surface area is 506 Å². The van der Waals surface area contributed by atoms with Crippen LogP contribution < -0.4 is 34.9 Å². The molecule has 2 aliphatic carbocycles. The third kappa shape index (κ3) is 21.9. The van der Waals surface area contributed by atoms with E-state index in [1.807, 2.05) is 61.8 Å². The number of alkyl halides is 7. The summed E-state index contributed by atoms with van der Waals surface area (Å²) >= 11 is 6.15. The van der Waals surface area contributed by atoms with Gasteiger partial charge in [0.05, 0.1) is 0 Å². The summed E-state index contributed by atoms with van der Waals surface area (Å²) in [5.74, 6) is 1.71. The number of benzene rings is 4. The number of ether oxygens (including phenoxy) is 7. The molecule has 0 amide bonds. The van der Waals surface area contributed by atoms with E-state index in [1.54, 1.807) is 51.5 Å². The van der Waals surface area contributed by atoms with Crippen LogP contribution in [0.5, 0.6) is 34.5 Å². The minimum Gasteiger partial charge on any atom is -0.505 e. The van der Waals surface area contributed by atoms with Crippen LogP contribution in [-0.4, -0.2) is 115 Å². The number of piperidine rings is 2. The number of halogens is 9. The first-order chi connectivity index (χ1) is 38.5. The molecule has 476 valence electrons. The van der Waals surface area contributed by atoms with Gasteiger partial charge >= 0.3 is 12.4 Å². The van der Waals surface area contributed by atoms with Crippen LogP contribution >= 0.6 is 44.2 Å². The lowest BCUT2D eigenvalue weighted by Gasteiger charge is -2.37. The summed E-state index contributed by atoms with van der Waals surface area (Å²) in [5, 5.41) is 31.7. The van der Waals surface area contributed by atoms with E-state index in [1.165, 1.54) is 18.2 Å². The average molecular weight is 1290 g/mol. The van der Waals surface area contributed by atoms with E-state index in [0.717, 1.165) is 47.9 Å². The Morgan fingerprint density at radius 1 is 0.565 bits per heavy atom. The van der Waals surface area contributed by atoms with E-state index in [9.17, 15) is 40.2 Å². The zero-order chi connectivity index (χ0) is 59.0. The monoisotopic (exact) mass is 1290 g/mol. The molecular formula is C56H77ClF8N7O10PS2. The Kier molecular flexibility index (Phi) is 31.3. The van der Waals surface area contributed by atoms with Crippen LogP contribution in [0.15, 0.2) is 72.8 Å². The van der Waals surface area contributed by atoms with Crippen LogP contribution in [0.4, 0.5) is 45.4 Å². The second kappa shape index (κ2) is 35.2. The molecule has 0 radical (unpaired) electrons. The van der Waals surface area contributed by atoms with E-state index >= 15 is 0 Å². The van der Waals surface area contributed by atoms with Crippen LogP contribution in [0.2, 0.25) is 0 Å². The number of anilines is 2. The van der Waals surface area contributed by atoms with Crippen molar-refractivity contribution < 1.29 is 84.0 Å². The zero-order valence-electron chi connectivity index (χ0n) is 47.4. The van der Waals surface area contributed by atoms with Crippen molar-refractivity contribution in [2.45, 2.75) is 92.3 Å². The van der Waals surface area contributed by atoms with Gasteiger partial charge in [0.1, 0.15) is 18.3 Å². The Bertz CT molecular complexity index is 2910. The Morgan fingerprint density at radius 3 is 1.34 bits per heavy atom. The standard InChI is InChI=1S/C19H22F3N3O3S.C17H18F3N3O2S.C10H13FO2.C7H7FO.C2H5ClO.CH4.H3N.H2O.H3P/c1-11-3-6-14(15(7-11)27-10-26-2)28-16-12-4-5-13(16)9-25(8-12)18-24-23-17(29-18)19(20,21)22;1-9-2-5-13(12(24)6-9)25-14-10-3-4-11(14)8-23(7-10)16-22-21-15(26-16)17(18,19)20;1-3-12-7-13-10-6-8(2)4-5-9(10)11;1-5-2-3-6(8)7(9)4-5;1-4-2-3;;;;/h3,6-7,12-13,16H,4-5,8-10H2,1-2H3;2,5-6,10-11,14,24H,3-4,7-8H2,1H3;4-6H,3,7H2,1-2H3;2-4,9H,1H3;2H2,1H3;1H4;1H3;1H2;1H3/t12-,13+,16?;10-,11+,14?;;;;;;;. The van der Waals surface area contributed by atoms with Gasteiger partial charge in [0.25, 0.3) is 0 Å². The van der Waals surface area contributed by atoms with Gasteiger partial charge in [0.2, 0.25) is 20.3 Å². The van der Waals surface area contributed by atoms with Crippen molar-refractivity contribution in [1.29, 1.82) is 0 Å². The largest absolute Gasteiger partial charge is 0.505 e. The maximum Gasteiger partial charge on any atom is 0.445 e. The first-order valence-electron chi connectivity index (χ1n) is 25.6. The molecule has 17 nitrogen and oxygen atoms in total. The summed E-state index contributed by atoms with van der Waals surface area (Å²) in [6.07, 6.45) is -5.14. The lowest BCUT2D eigenvalue weighted by Crippen LogP contribution is -2.47. The fraction of sp³-hybridized carbons (Fsp3) is 0.500. The average Bonchev–Trinajstić information content (AvgIpc) is 2.18. The number of methoxy groups -OCH3 is 2. The lowest BCUT2D eigenvalue weighted by atomic mass is 9.95. The molecular weight excluding hydrogens is 1210 g/mol. The van der Waals surface area contributed by atoms with Crippen LogP contribution in [0.25, 0.3) is 0 Å². The van der Waals surface area contributed by atoms with Crippen molar-refractivity contribution in [2.24, 2.45) is 23.7 Å². The third-order valence-corrected chi connectivity index (χ3v) is 15.5. The number of hydrogen-bond acceptors (Lipinski definition) is 18. The zero-order valence-corrected chi connectivity index (χ0v) is 51.2. The number of fused-ring (bicyclic) bond motifs is 4. The highest BCUT2D eigenvalue weighted by molar-refractivity contribution is 7.15. The minimum absolute atomic E-state index is 0. The summed E-state index contributed by atoms with van der Waals surface area (Å²) in [7, 11) is 3.11. The topological polar surface area (TPSA) is 230 Å². The molecule has 85 heavy (non-hydrogen) atoms. The van der Waals surface area contributed by atoms with Gasteiger partial charge in [0, 0.05) is 70.7 Å². The highest BCUT2D eigenvalue weighted by Gasteiger charge is 2.47. The van der Waals surface area contributed by atoms with Crippen molar-refractivity contribution in [3.63, 3.8) is 0 Å². The molecule has 6 aromatic rings. The van der Waals surface area contributed by atoms with Gasteiger partial charge in [0.15, 0.2) is 59.7 Å². The first kappa shape index (κ1) is 75.5. The molecule has 7 atom stereocenters. The van der Waals surface area contributed by atoms with E-state index in [-0.39, 0.29) is 101 Å². The molecule has 4 heterocycles. The van der Waals surface area contributed by atoms with E-state index in [4.69, 9.17) is 45.1 Å². The number of aromatic nitrogens is 4. The van der Waals surface area contributed by atoms with Crippen LogP contribution in [-0.2, 0) is 26.6 Å². The SMILES string of the molecule is C.CCOCOc1cc(C)ccc1F.COCCl.COCOc1cc(C)ccc1OC1[C@@H]2CC[C@H]1CN(c1nnc(C(F)(F)F)s1)C2.Cc1ccc(F)c(O)c1.Cc1ccc(OC2[C@@H]3CC[C@H]2CN(c2nnc(C(F)(F)F)s2)C3)c(O)c1.N.O.P. The van der Waals surface area contributed by atoms with Crippen molar-refractivity contribution in [1.82, 2.24) is 26.5 Å². The number of nitrogens with zero attached hydrogens (tertiary/aromatic N) is 6. The molecule has 0 spiro atoms. The first-order valence-corrected chi connectivity index (χ1v) is 27.8. The fourth-order valence-corrected chi connectivity index (χ4v) is 10.9. The molecule has 3 unspecified atom stereocenters. The fourth-order valence-electron chi connectivity index (χ4n) is 9.46. The molecule has 4 bridgehead atoms. The lowest BCUT2D eigenvalue weighted by molar-refractivity contribution is -0.138. The molecule has 2 aromatic heterocycles. The maximum atomic E-state index is 13.0. The van der Waals surface area contributed by atoms with Crippen LogP contribution in [0.1, 0.15) is 72.3 Å². The summed E-state index contributed by atoms with van der Waals surface area (Å²) in [5.41, 5.74) is 3.82. The second-order valence-corrected chi connectivity index (χ2v) is 21.6. The molecule has 2 saturated heterocycles. The van der Waals surface area contributed by atoms with E-state index in [0.29, 0.717) is 89.0 Å². The number of rotatable bonds is 14. The van der Waals surface area contributed by atoms with Gasteiger partial charge in [-0.25, -0.2) is 8.78 Å². The molecule has 2 aliphatic heterocycles. The quantitative estimate of drug-likeness (QED) is 0.0303. The number of aromatic hydroxyl groups is 2. The Morgan fingerprint density at radius 2 is 0.953 bits per heavy atom. The second-order valence-electron chi connectivity index (χ2n) is 19.5. The third-order valence-electron chi connectivity index (χ3n) is 13.2. The predicted octanol–water partition coefficient (Wildman–Crippen LogP) is 13.2. The molecule has 7 N–H and O–H groups in total.